The van der Waals surface area contributed by atoms with E-state index in [1.165, 1.54) is 0 Å². The molecule has 2 aliphatic carbocycles. The van der Waals surface area contributed by atoms with E-state index in [2.05, 4.69) is 20.8 Å². The zero-order valence-electron chi connectivity index (χ0n) is 11.2. The van der Waals surface area contributed by atoms with Gasteiger partial charge in [-0.3, -0.25) is 0 Å². The predicted molar refractivity (Wildman–Crippen MR) is 65.0 cm³/mol. The van der Waals surface area contributed by atoms with Gasteiger partial charge < -0.3 is 10.2 Å². The van der Waals surface area contributed by atoms with E-state index in [0.29, 0.717) is 5.92 Å². The zero-order chi connectivity index (χ0) is 12.3. The molecule has 0 amide bonds. The first-order valence-electron chi connectivity index (χ1n) is 6.59. The van der Waals surface area contributed by atoms with Crippen molar-refractivity contribution in [1.82, 2.24) is 0 Å². The van der Waals surface area contributed by atoms with E-state index in [-0.39, 0.29) is 34.9 Å². The van der Waals surface area contributed by atoms with Crippen molar-refractivity contribution < 1.29 is 10.2 Å². The molecule has 0 aromatic carbocycles. The highest BCUT2D eigenvalue weighted by Gasteiger charge is 2.67. The topological polar surface area (TPSA) is 40.5 Å². The Labute approximate surface area is 99.1 Å². The quantitative estimate of drug-likeness (QED) is 0.759. The highest BCUT2D eigenvalue weighted by Crippen LogP contribution is 2.68. The second kappa shape index (κ2) is 3.46. The average molecular weight is 226 g/mol. The van der Waals surface area contributed by atoms with E-state index < -0.39 is 0 Å². The molecule has 0 spiro atoms. The standard InChI is InChI=1S/C14H26O2/c1-8(2)11(15)10-9-6-7-14(5,12(10)16)13(9,3)4/h8-12,15-16H,6-7H2,1-5H3. The summed E-state index contributed by atoms with van der Waals surface area (Å²) in [6.45, 7) is 10.8. The van der Waals surface area contributed by atoms with E-state index in [1.807, 2.05) is 13.8 Å². The monoisotopic (exact) mass is 226 g/mol. The maximum Gasteiger partial charge on any atom is 0.0654 e. The molecule has 2 aliphatic rings. The van der Waals surface area contributed by atoms with Crippen molar-refractivity contribution in [3.63, 3.8) is 0 Å². The van der Waals surface area contributed by atoms with Crippen LogP contribution >= 0.6 is 0 Å². The summed E-state index contributed by atoms with van der Waals surface area (Å²) in [7, 11) is 0. The molecule has 0 heterocycles. The van der Waals surface area contributed by atoms with Crippen LogP contribution in [0.3, 0.4) is 0 Å². The van der Waals surface area contributed by atoms with Gasteiger partial charge in [0.25, 0.3) is 0 Å². The highest BCUT2D eigenvalue weighted by molar-refractivity contribution is 5.15. The summed E-state index contributed by atoms with van der Waals surface area (Å²) in [5.41, 5.74) is 0.158. The fraction of sp³-hybridized carbons (Fsp3) is 1.00. The Kier molecular flexibility index (Phi) is 2.67. The van der Waals surface area contributed by atoms with E-state index in [0.717, 1.165) is 12.8 Å². The molecule has 16 heavy (non-hydrogen) atoms. The van der Waals surface area contributed by atoms with Crippen LogP contribution in [0.1, 0.15) is 47.5 Å². The lowest BCUT2D eigenvalue weighted by Gasteiger charge is -2.38. The summed E-state index contributed by atoms with van der Waals surface area (Å²) in [5.74, 6) is 0.789. The van der Waals surface area contributed by atoms with Gasteiger partial charge in [-0.2, -0.15) is 0 Å². The number of hydrogen-bond acceptors (Lipinski definition) is 2. The third-order valence-corrected chi connectivity index (χ3v) is 5.93. The Morgan fingerprint density at radius 3 is 2.12 bits per heavy atom. The summed E-state index contributed by atoms with van der Waals surface area (Å²) in [6, 6.07) is 0. The van der Waals surface area contributed by atoms with Crippen molar-refractivity contribution in [2.24, 2.45) is 28.6 Å². The second-order valence-electron chi connectivity index (χ2n) is 7.04. The van der Waals surface area contributed by atoms with Crippen molar-refractivity contribution in [1.29, 1.82) is 0 Å². The molecule has 94 valence electrons. The SMILES string of the molecule is CC(C)C(O)C1C2CCC(C)(C1O)C2(C)C. The highest BCUT2D eigenvalue weighted by atomic mass is 16.3. The van der Waals surface area contributed by atoms with Gasteiger partial charge in [-0.15, -0.1) is 0 Å². The first-order valence-corrected chi connectivity index (χ1v) is 6.59. The molecular formula is C14H26O2. The predicted octanol–water partition coefficient (Wildman–Crippen LogP) is 2.44. The number of hydrogen-bond donors (Lipinski definition) is 2. The first kappa shape index (κ1) is 12.4. The van der Waals surface area contributed by atoms with Gasteiger partial charge in [0, 0.05) is 5.92 Å². The minimum Gasteiger partial charge on any atom is -0.392 e. The van der Waals surface area contributed by atoms with Crippen LogP contribution in [0.25, 0.3) is 0 Å². The minimum absolute atomic E-state index is 0.00178. The summed E-state index contributed by atoms with van der Waals surface area (Å²) in [6.07, 6.45) is 1.57. The molecule has 2 saturated carbocycles. The summed E-state index contributed by atoms with van der Waals surface area (Å²) in [5, 5.41) is 20.8. The van der Waals surface area contributed by atoms with Crippen LogP contribution in [-0.2, 0) is 0 Å². The maximum absolute atomic E-state index is 10.5. The van der Waals surface area contributed by atoms with Crippen LogP contribution in [0, 0.1) is 28.6 Å². The molecule has 0 aliphatic heterocycles. The van der Waals surface area contributed by atoms with Gasteiger partial charge in [-0.05, 0) is 35.5 Å². The molecule has 2 nitrogen and oxygen atoms in total. The minimum atomic E-state index is -0.360. The van der Waals surface area contributed by atoms with Gasteiger partial charge in [-0.25, -0.2) is 0 Å². The summed E-state index contributed by atoms with van der Waals surface area (Å²) in [4.78, 5) is 0. The first-order chi connectivity index (χ1) is 7.23. The van der Waals surface area contributed by atoms with Crippen molar-refractivity contribution >= 4 is 0 Å². The smallest absolute Gasteiger partial charge is 0.0654 e. The largest absolute Gasteiger partial charge is 0.392 e. The molecule has 5 atom stereocenters. The van der Waals surface area contributed by atoms with Gasteiger partial charge >= 0.3 is 0 Å². The van der Waals surface area contributed by atoms with Gasteiger partial charge in [-0.1, -0.05) is 34.6 Å². The molecule has 2 N–H and O–H groups in total. The molecule has 0 aromatic heterocycles. The van der Waals surface area contributed by atoms with Crippen molar-refractivity contribution in [3.05, 3.63) is 0 Å². The third-order valence-electron chi connectivity index (χ3n) is 5.93. The van der Waals surface area contributed by atoms with Gasteiger partial charge in [0.05, 0.1) is 12.2 Å². The number of aliphatic hydroxyl groups excluding tert-OH is 2. The van der Waals surface area contributed by atoms with Gasteiger partial charge in [0.1, 0.15) is 0 Å². The number of fused-ring (bicyclic) bond motifs is 2. The van der Waals surface area contributed by atoms with Gasteiger partial charge in [0.15, 0.2) is 0 Å². The summed E-state index contributed by atoms with van der Waals surface area (Å²) < 4.78 is 0. The Balaban J connectivity index is 2.33. The van der Waals surface area contributed by atoms with Crippen molar-refractivity contribution in [2.75, 3.05) is 0 Å². The van der Waals surface area contributed by atoms with Gasteiger partial charge in [0.2, 0.25) is 0 Å². The molecule has 2 rings (SSSR count). The normalized spacial score (nSPS) is 47.6. The Morgan fingerprint density at radius 2 is 1.75 bits per heavy atom. The maximum atomic E-state index is 10.5. The fourth-order valence-corrected chi connectivity index (χ4v) is 4.28. The zero-order valence-corrected chi connectivity index (χ0v) is 11.2. The van der Waals surface area contributed by atoms with Crippen LogP contribution in [0.15, 0.2) is 0 Å². The fourth-order valence-electron chi connectivity index (χ4n) is 4.28. The Hall–Kier alpha value is -0.0800. The Bertz CT molecular complexity index is 284. The molecular weight excluding hydrogens is 200 g/mol. The molecule has 0 radical (unpaired) electrons. The molecule has 2 fully saturated rings. The lowest BCUT2D eigenvalue weighted by atomic mass is 9.70. The Morgan fingerprint density at radius 1 is 1.19 bits per heavy atom. The molecule has 2 bridgehead atoms. The van der Waals surface area contributed by atoms with Crippen LogP contribution in [0.2, 0.25) is 0 Å². The lowest BCUT2D eigenvalue weighted by molar-refractivity contribution is -0.0630. The molecule has 0 saturated heterocycles. The van der Waals surface area contributed by atoms with E-state index in [1.54, 1.807) is 0 Å². The molecule has 2 heteroatoms. The van der Waals surface area contributed by atoms with Crippen molar-refractivity contribution in [3.8, 4) is 0 Å². The molecule has 0 aromatic rings. The van der Waals surface area contributed by atoms with E-state index in [4.69, 9.17) is 0 Å². The second-order valence-corrected chi connectivity index (χ2v) is 7.04. The van der Waals surface area contributed by atoms with E-state index >= 15 is 0 Å². The number of rotatable bonds is 2. The van der Waals surface area contributed by atoms with Crippen LogP contribution in [-0.4, -0.2) is 22.4 Å². The number of aliphatic hydroxyl groups is 2. The average Bonchev–Trinajstić information content (AvgIpc) is 2.48. The van der Waals surface area contributed by atoms with Crippen molar-refractivity contribution in [2.45, 2.75) is 59.7 Å². The van der Waals surface area contributed by atoms with Crippen LogP contribution in [0.5, 0.6) is 0 Å². The van der Waals surface area contributed by atoms with E-state index in [9.17, 15) is 10.2 Å². The lowest BCUT2D eigenvalue weighted by Crippen LogP contribution is -2.42. The molecule has 5 unspecified atom stereocenters. The van der Waals surface area contributed by atoms with Crippen LogP contribution in [0.4, 0.5) is 0 Å². The van der Waals surface area contributed by atoms with Crippen LogP contribution < -0.4 is 0 Å². The third kappa shape index (κ3) is 1.26. The summed E-state index contributed by atoms with van der Waals surface area (Å²) >= 11 is 0.